The van der Waals surface area contributed by atoms with Gasteiger partial charge in [0.15, 0.2) is 5.78 Å². The van der Waals surface area contributed by atoms with Gasteiger partial charge >= 0.3 is 0 Å². The Bertz CT molecular complexity index is 226. The molecule has 0 aromatic rings. The summed E-state index contributed by atoms with van der Waals surface area (Å²) >= 11 is 0. The number of hydrogen-bond acceptors (Lipinski definition) is 2. The van der Waals surface area contributed by atoms with Crippen LogP contribution in [0.2, 0.25) is 0 Å². The van der Waals surface area contributed by atoms with Crippen molar-refractivity contribution in [2.24, 2.45) is 0 Å². The number of hydrogen-bond donors (Lipinski definition) is 1. The van der Waals surface area contributed by atoms with Crippen molar-refractivity contribution in [1.82, 2.24) is 0 Å². The molecular formula is C9H12O2. The monoisotopic (exact) mass is 152 g/mol. The summed E-state index contributed by atoms with van der Waals surface area (Å²) in [7, 11) is 0. The topological polar surface area (TPSA) is 37.3 Å². The van der Waals surface area contributed by atoms with Crippen molar-refractivity contribution in [3.8, 4) is 0 Å². The maximum atomic E-state index is 11.1. The minimum Gasteiger partial charge on any atom is -0.388 e. The van der Waals surface area contributed by atoms with Gasteiger partial charge in [-0.3, -0.25) is 4.79 Å². The zero-order chi connectivity index (χ0) is 8.43. The summed E-state index contributed by atoms with van der Waals surface area (Å²) in [6, 6.07) is 0. The fourth-order valence-corrected chi connectivity index (χ4v) is 1.29. The lowest BCUT2D eigenvalue weighted by molar-refractivity contribution is -0.115. The average molecular weight is 152 g/mol. The second kappa shape index (κ2) is 3.01. The molecule has 0 spiro atoms. The molecule has 1 N–H and O–H groups in total. The fraction of sp³-hybridized carbons (Fsp3) is 0.444. The number of ketones is 1. The molecule has 0 unspecified atom stereocenters. The van der Waals surface area contributed by atoms with Gasteiger partial charge < -0.3 is 5.11 Å². The van der Waals surface area contributed by atoms with Crippen LogP contribution in [-0.2, 0) is 4.79 Å². The zero-order valence-electron chi connectivity index (χ0n) is 6.63. The quantitative estimate of drug-likeness (QED) is 0.604. The molecule has 1 aliphatic rings. The van der Waals surface area contributed by atoms with Gasteiger partial charge in [0.05, 0.1) is 6.10 Å². The Balaban J connectivity index is 2.87. The van der Waals surface area contributed by atoms with Crippen molar-refractivity contribution < 1.29 is 9.90 Å². The lowest BCUT2D eigenvalue weighted by atomic mass is 10.1. The first-order valence-electron chi connectivity index (χ1n) is 3.68. The Morgan fingerprint density at radius 1 is 1.82 bits per heavy atom. The molecule has 0 bridgehead atoms. The normalized spacial score (nSPS) is 24.5. The third-order valence-electron chi connectivity index (χ3n) is 2.04. The van der Waals surface area contributed by atoms with Gasteiger partial charge in [-0.15, -0.1) is 6.58 Å². The van der Waals surface area contributed by atoms with Gasteiger partial charge in [0.25, 0.3) is 0 Å². The van der Waals surface area contributed by atoms with Crippen LogP contribution in [-0.4, -0.2) is 17.0 Å². The van der Waals surface area contributed by atoms with Gasteiger partial charge in [0.2, 0.25) is 0 Å². The molecular weight excluding hydrogens is 140 g/mol. The molecule has 0 fully saturated rings. The van der Waals surface area contributed by atoms with Crippen molar-refractivity contribution in [2.45, 2.75) is 25.9 Å². The Kier molecular flexibility index (Phi) is 2.25. The van der Waals surface area contributed by atoms with Crippen LogP contribution in [0.15, 0.2) is 23.8 Å². The highest BCUT2D eigenvalue weighted by atomic mass is 16.3. The number of rotatable bonds is 2. The van der Waals surface area contributed by atoms with E-state index in [1.54, 1.807) is 13.0 Å². The van der Waals surface area contributed by atoms with E-state index < -0.39 is 6.10 Å². The van der Waals surface area contributed by atoms with Crippen LogP contribution in [0.3, 0.4) is 0 Å². The predicted molar refractivity (Wildman–Crippen MR) is 43.1 cm³/mol. The van der Waals surface area contributed by atoms with Gasteiger partial charge in [-0.1, -0.05) is 6.08 Å². The SMILES string of the molecule is C=CCC1=C(C)[C@@H](O)CC1=O. The van der Waals surface area contributed by atoms with E-state index in [2.05, 4.69) is 6.58 Å². The molecule has 0 radical (unpaired) electrons. The van der Waals surface area contributed by atoms with E-state index in [1.165, 1.54) is 0 Å². The summed E-state index contributed by atoms with van der Waals surface area (Å²) in [4.78, 5) is 11.1. The van der Waals surface area contributed by atoms with E-state index in [0.29, 0.717) is 6.42 Å². The summed E-state index contributed by atoms with van der Waals surface area (Å²) in [6.07, 6.45) is 1.99. The average Bonchev–Trinajstić information content (AvgIpc) is 2.17. The van der Waals surface area contributed by atoms with Crippen LogP contribution in [0.5, 0.6) is 0 Å². The Hall–Kier alpha value is -0.890. The molecule has 0 aromatic heterocycles. The van der Waals surface area contributed by atoms with Gasteiger partial charge in [-0.25, -0.2) is 0 Å². The van der Waals surface area contributed by atoms with E-state index >= 15 is 0 Å². The zero-order valence-corrected chi connectivity index (χ0v) is 6.63. The molecule has 1 aliphatic carbocycles. The van der Waals surface area contributed by atoms with Crippen LogP contribution in [0, 0.1) is 0 Å². The van der Waals surface area contributed by atoms with Crippen molar-refractivity contribution in [3.05, 3.63) is 23.8 Å². The smallest absolute Gasteiger partial charge is 0.162 e. The molecule has 1 atom stereocenters. The van der Waals surface area contributed by atoms with Crippen LogP contribution < -0.4 is 0 Å². The molecule has 0 saturated carbocycles. The maximum absolute atomic E-state index is 11.1. The minimum absolute atomic E-state index is 0.0647. The Labute approximate surface area is 66.2 Å². The third kappa shape index (κ3) is 1.40. The lowest BCUT2D eigenvalue weighted by Crippen LogP contribution is -2.03. The second-order valence-corrected chi connectivity index (χ2v) is 2.80. The highest BCUT2D eigenvalue weighted by molar-refractivity contribution is 5.99. The minimum atomic E-state index is -0.544. The van der Waals surface area contributed by atoms with Crippen molar-refractivity contribution in [2.75, 3.05) is 0 Å². The largest absolute Gasteiger partial charge is 0.388 e. The van der Waals surface area contributed by atoms with Crippen molar-refractivity contribution >= 4 is 5.78 Å². The molecule has 0 aliphatic heterocycles. The standard InChI is InChI=1S/C9H12O2/c1-3-4-7-6(2)8(10)5-9(7)11/h3,8,10H,1,4-5H2,2H3/t8-/m0/s1. The molecule has 11 heavy (non-hydrogen) atoms. The first kappa shape index (κ1) is 8.21. The molecule has 0 heterocycles. The van der Waals surface area contributed by atoms with Gasteiger partial charge in [0, 0.05) is 12.0 Å². The molecule has 1 rings (SSSR count). The summed E-state index contributed by atoms with van der Waals surface area (Å²) in [5.41, 5.74) is 1.56. The van der Waals surface area contributed by atoms with Crippen molar-refractivity contribution in [1.29, 1.82) is 0 Å². The first-order valence-corrected chi connectivity index (χ1v) is 3.68. The Morgan fingerprint density at radius 3 is 2.82 bits per heavy atom. The molecule has 0 saturated heterocycles. The Morgan fingerprint density at radius 2 is 2.45 bits per heavy atom. The molecule has 2 nitrogen and oxygen atoms in total. The molecule has 60 valence electrons. The molecule has 0 amide bonds. The maximum Gasteiger partial charge on any atom is 0.162 e. The summed E-state index contributed by atoms with van der Waals surface area (Å²) in [6.45, 7) is 5.35. The van der Waals surface area contributed by atoms with E-state index in [4.69, 9.17) is 0 Å². The summed E-state index contributed by atoms with van der Waals surface area (Å²) < 4.78 is 0. The molecule has 2 heteroatoms. The van der Waals surface area contributed by atoms with Crippen LogP contribution >= 0.6 is 0 Å². The van der Waals surface area contributed by atoms with E-state index in [9.17, 15) is 9.90 Å². The fourth-order valence-electron chi connectivity index (χ4n) is 1.29. The number of carbonyl (C=O) groups excluding carboxylic acids is 1. The number of carbonyl (C=O) groups is 1. The van der Waals surface area contributed by atoms with Gasteiger partial charge in [-0.05, 0) is 18.9 Å². The van der Waals surface area contributed by atoms with E-state index in [0.717, 1.165) is 11.1 Å². The van der Waals surface area contributed by atoms with Crippen LogP contribution in [0.1, 0.15) is 19.8 Å². The van der Waals surface area contributed by atoms with Crippen LogP contribution in [0.4, 0.5) is 0 Å². The lowest BCUT2D eigenvalue weighted by Gasteiger charge is -1.99. The highest BCUT2D eigenvalue weighted by Crippen LogP contribution is 2.25. The van der Waals surface area contributed by atoms with Gasteiger partial charge in [0.1, 0.15) is 0 Å². The predicted octanol–water partition coefficient (Wildman–Crippen LogP) is 1.21. The third-order valence-corrected chi connectivity index (χ3v) is 2.04. The van der Waals surface area contributed by atoms with Crippen molar-refractivity contribution in [3.63, 3.8) is 0 Å². The number of aliphatic hydroxyl groups is 1. The second-order valence-electron chi connectivity index (χ2n) is 2.80. The first-order chi connectivity index (χ1) is 5.16. The summed E-state index contributed by atoms with van der Waals surface area (Å²) in [5, 5.41) is 9.25. The van der Waals surface area contributed by atoms with Crippen LogP contribution in [0.25, 0.3) is 0 Å². The molecule has 0 aromatic carbocycles. The number of aliphatic hydroxyl groups excluding tert-OH is 1. The van der Waals surface area contributed by atoms with E-state index in [1.807, 2.05) is 0 Å². The number of allylic oxidation sites excluding steroid dienone is 2. The van der Waals surface area contributed by atoms with Gasteiger partial charge in [-0.2, -0.15) is 0 Å². The summed E-state index contributed by atoms with van der Waals surface area (Å²) in [5.74, 6) is 0.0647. The number of Topliss-reactive ketones (excluding diaryl/α,β-unsaturated/α-hetero) is 1. The highest BCUT2D eigenvalue weighted by Gasteiger charge is 2.26. The van der Waals surface area contributed by atoms with E-state index in [-0.39, 0.29) is 12.2 Å².